The van der Waals surface area contributed by atoms with E-state index in [0.29, 0.717) is 17.3 Å². The molecule has 1 aromatic heterocycles. The van der Waals surface area contributed by atoms with Crippen LogP contribution in [-0.2, 0) is 9.59 Å². The number of amides is 2. The monoisotopic (exact) mass is 337 g/mol. The zero-order valence-electron chi connectivity index (χ0n) is 10.6. The summed E-state index contributed by atoms with van der Waals surface area (Å²) in [6.45, 7) is 1.71. The molecule has 20 heavy (non-hydrogen) atoms. The number of hydrogen-bond donors (Lipinski definition) is 2. The Morgan fingerprint density at radius 3 is 2.65 bits per heavy atom. The third kappa shape index (κ3) is 4.20. The summed E-state index contributed by atoms with van der Waals surface area (Å²) in [6.07, 6.45) is -0.293. The summed E-state index contributed by atoms with van der Waals surface area (Å²) in [7, 11) is 0. The predicted molar refractivity (Wildman–Crippen MR) is 77.3 cm³/mol. The molecule has 6 nitrogen and oxygen atoms in total. The van der Waals surface area contributed by atoms with E-state index in [0.717, 1.165) is 4.47 Å². The van der Waals surface area contributed by atoms with Crippen molar-refractivity contribution in [1.82, 2.24) is 5.16 Å². The highest BCUT2D eigenvalue weighted by Gasteiger charge is 2.11. The van der Waals surface area contributed by atoms with Crippen LogP contribution in [0.2, 0.25) is 0 Å². The van der Waals surface area contributed by atoms with Crippen LogP contribution in [0.25, 0.3) is 0 Å². The fourth-order valence-electron chi connectivity index (χ4n) is 1.53. The van der Waals surface area contributed by atoms with Gasteiger partial charge in [0.15, 0.2) is 5.82 Å². The van der Waals surface area contributed by atoms with E-state index in [-0.39, 0.29) is 6.42 Å². The number of nitrogens with one attached hydrogen (secondary N) is 2. The number of aromatic nitrogens is 1. The van der Waals surface area contributed by atoms with Crippen molar-refractivity contribution in [2.24, 2.45) is 0 Å². The van der Waals surface area contributed by atoms with Crippen LogP contribution in [0.5, 0.6) is 0 Å². The van der Waals surface area contributed by atoms with Crippen molar-refractivity contribution in [3.8, 4) is 0 Å². The molecular weight excluding hydrogens is 326 g/mol. The number of anilines is 2. The van der Waals surface area contributed by atoms with Gasteiger partial charge in [-0.3, -0.25) is 9.59 Å². The molecule has 0 aliphatic carbocycles. The molecule has 2 rings (SSSR count). The van der Waals surface area contributed by atoms with Gasteiger partial charge in [-0.05, 0) is 25.1 Å². The molecule has 0 aliphatic rings. The molecule has 0 fully saturated rings. The Hall–Kier alpha value is -2.15. The molecule has 0 atom stereocenters. The maximum absolute atomic E-state index is 11.7. The van der Waals surface area contributed by atoms with Gasteiger partial charge in [0.1, 0.15) is 12.2 Å². The van der Waals surface area contributed by atoms with Crippen LogP contribution in [0.1, 0.15) is 12.2 Å². The Kier molecular flexibility index (Phi) is 4.52. The molecular formula is C13H12BrN3O3. The van der Waals surface area contributed by atoms with Crippen molar-refractivity contribution in [2.45, 2.75) is 13.3 Å². The molecule has 0 unspecified atom stereocenters. The van der Waals surface area contributed by atoms with Gasteiger partial charge in [-0.25, -0.2) is 0 Å². The zero-order chi connectivity index (χ0) is 14.5. The van der Waals surface area contributed by atoms with Gasteiger partial charge in [0.25, 0.3) is 0 Å². The van der Waals surface area contributed by atoms with Crippen LogP contribution >= 0.6 is 15.9 Å². The largest absolute Gasteiger partial charge is 0.360 e. The Labute approximate surface area is 123 Å². The lowest BCUT2D eigenvalue weighted by Gasteiger charge is -2.05. The summed E-state index contributed by atoms with van der Waals surface area (Å²) in [6, 6.07) is 8.69. The summed E-state index contributed by atoms with van der Waals surface area (Å²) in [5.74, 6) is 0.0215. The van der Waals surface area contributed by atoms with Crippen LogP contribution < -0.4 is 10.6 Å². The highest BCUT2D eigenvalue weighted by atomic mass is 79.9. The summed E-state index contributed by atoms with van der Waals surface area (Å²) in [5, 5.41) is 8.72. The fraction of sp³-hybridized carbons (Fsp3) is 0.154. The summed E-state index contributed by atoms with van der Waals surface area (Å²) >= 11 is 3.30. The molecule has 0 saturated heterocycles. The van der Waals surface area contributed by atoms with Gasteiger partial charge in [-0.15, -0.1) is 0 Å². The molecule has 1 heterocycles. The normalized spacial score (nSPS) is 10.1. The van der Waals surface area contributed by atoms with Gasteiger partial charge in [-0.1, -0.05) is 27.2 Å². The number of carbonyl (C=O) groups is 2. The van der Waals surface area contributed by atoms with Crippen molar-refractivity contribution in [3.05, 3.63) is 40.6 Å². The van der Waals surface area contributed by atoms with E-state index in [1.54, 1.807) is 31.2 Å². The van der Waals surface area contributed by atoms with E-state index >= 15 is 0 Å². The number of hydrogen-bond acceptors (Lipinski definition) is 4. The van der Waals surface area contributed by atoms with Gasteiger partial charge in [0, 0.05) is 16.2 Å². The van der Waals surface area contributed by atoms with Gasteiger partial charge < -0.3 is 15.2 Å². The summed E-state index contributed by atoms with van der Waals surface area (Å²) < 4.78 is 5.65. The van der Waals surface area contributed by atoms with Crippen LogP contribution in [0.15, 0.2) is 39.3 Å². The first-order valence-electron chi connectivity index (χ1n) is 5.81. The van der Waals surface area contributed by atoms with Crippen LogP contribution in [0.3, 0.4) is 0 Å². The first-order valence-corrected chi connectivity index (χ1v) is 6.61. The average Bonchev–Trinajstić information content (AvgIpc) is 2.74. The summed E-state index contributed by atoms with van der Waals surface area (Å²) in [5.41, 5.74) is 0.620. The van der Waals surface area contributed by atoms with Crippen molar-refractivity contribution in [3.63, 3.8) is 0 Å². The smallest absolute Gasteiger partial charge is 0.235 e. The number of aryl methyl sites for hydroxylation is 1. The second kappa shape index (κ2) is 6.33. The van der Waals surface area contributed by atoms with Crippen LogP contribution in [0.4, 0.5) is 11.5 Å². The molecule has 2 N–H and O–H groups in total. The van der Waals surface area contributed by atoms with E-state index in [4.69, 9.17) is 4.52 Å². The number of rotatable bonds is 4. The Bertz CT molecular complexity index is 639. The van der Waals surface area contributed by atoms with E-state index in [1.807, 2.05) is 6.07 Å². The standard InChI is InChI=1S/C13H12BrN3O3/c1-8-5-11(17-20-8)16-13(19)7-12(18)15-10-4-2-3-9(14)6-10/h2-6H,7H2,1H3,(H,15,18)(H,16,17,19). The third-order valence-electron chi connectivity index (χ3n) is 2.32. The van der Waals surface area contributed by atoms with Gasteiger partial charge in [-0.2, -0.15) is 0 Å². The molecule has 0 bridgehead atoms. The molecule has 0 radical (unpaired) electrons. The van der Waals surface area contributed by atoms with E-state index in [1.165, 1.54) is 0 Å². The van der Waals surface area contributed by atoms with Crippen molar-refractivity contribution >= 4 is 39.2 Å². The maximum Gasteiger partial charge on any atom is 0.235 e. The van der Waals surface area contributed by atoms with Crippen molar-refractivity contribution < 1.29 is 14.1 Å². The molecule has 7 heteroatoms. The zero-order valence-corrected chi connectivity index (χ0v) is 12.2. The van der Waals surface area contributed by atoms with Gasteiger partial charge in [0.2, 0.25) is 11.8 Å². The first kappa shape index (κ1) is 14.3. The minimum absolute atomic E-state index is 0.293. The lowest BCUT2D eigenvalue weighted by Crippen LogP contribution is -2.21. The number of halogens is 1. The minimum atomic E-state index is -0.453. The predicted octanol–water partition coefficient (Wildman–Crippen LogP) is 2.71. The number of benzene rings is 1. The first-order chi connectivity index (χ1) is 9.52. The minimum Gasteiger partial charge on any atom is -0.360 e. The third-order valence-corrected chi connectivity index (χ3v) is 2.82. The SMILES string of the molecule is Cc1cc(NC(=O)CC(=O)Nc2cccc(Br)c2)no1. The molecule has 1 aromatic carbocycles. The van der Waals surface area contributed by atoms with Gasteiger partial charge in [0.05, 0.1) is 0 Å². The van der Waals surface area contributed by atoms with E-state index < -0.39 is 11.8 Å². The fourth-order valence-corrected chi connectivity index (χ4v) is 1.93. The van der Waals surface area contributed by atoms with Crippen molar-refractivity contribution in [1.29, 1.82) is 0 Å². The topological polar surface area (TPSA) is 84.2 Å². The maximum atomic E-state index is 11.7. The average molecular weight is 338 g/mol. The quantitative estimate of drug-likeness (QED) is 0.840. The molecule has 0 aliphatic heterocycles. The van der Waals surface area contributed by atoms with E-state index in [2.05, 4.69) is 31.7 Å². The Balaban J connectivity index is 1.86. The Morgan fingerprint density at radius 1 is 1.25 bits per heavy atom. The van der Waals surface area contributed by atoms with Gasteiger partial charge >= 0.3 is 0 Å². The number of nitrogens with zero attached hydrogens (tertiary/aromatic N) is 1. The highest BCUT2D eigenvalue weighted by molar-refractivity contribution is 9.10. The lowest BCUT2D eigenvalue weighted by atomic mass is 10.3. The van der Waals surface area contributed by atoms with E-state index in [9.17, 15) is 9.59 Å². The molecule has 0 saturated carbocycles. The second-order valence-electron chi connectivity index (χ2n) is 4.11. The molecule has 0 spiro atoms. The summed E-state index contributed by atoms with van der Waals surface area (Å²) in [4.78, 5) is 23.3. The van der Waals surface area contributed by atoms with Crippen LogP contribution in [-0.4, -0.2) is 17.0 Å². The molecule has 104 valence electrons. The highest BCUT2D eigenvalue weighted by Crippen LogP contribution is 2.15. The molecule has 2 amide bonds. The van der Waals surface area contributed by atoms with Crippen LogP contribution in [0, 0.1) is 6.92 Å². The van der Waals surface area contributed by atoms with Crippen molar-refractivity contribution in [2.75, 3.05) is 10.6 Å². The number of carbonyl (C=O) groups excluding carboxylic acids is 2. The second-order valence-corrected chi connectivity index (χ2v) is 5.02. The Morgan fingerprint density at radius 2 is 2.00 bits per heavy atom. The molecule has 2 aromatic rings. The lowest BCUT2D eigenvalue weighted by molar-refractivity contribution is -0.123.